The van der Waals surface area contributed by atoms with Crippen LogP contribution in [0.2, 0.25) is 0 Å². The summed E-state index contributed by atoms with van der Waals surface area (Å²) in [7, 11) is 0. The molecular weight excluding hydrogens is 380 g/mol. The minimum Gasteiger partial charge on any atom is -0.508 e. The molecule has 3 rings (SSSR count). The summed E-state index contributed by atoms with van der Waals surface area (Å²) in [6.07, 6.45) is 0. The summed E-state index contributed by atoms with van der Waals surface area (Å²) in [5, 5.41) is 21.7. The number of hydrogen-bond donors (Lipinski definition) is 1. The predicted octanol–water partition coefficient (Wildman–Crippen LogP) is 3.30. The van der Waals surface area contributed by atoms with Crippen LogP contribution < -0.4 is 4.74 Å². The van der Waals surface area contributed by atoms with E-state index in [9.17, 15) is 5.11 Å². The van der Waals surface area contributed by atoms with Crippen LogP contribution in [-0.4, -0.2) is 37.7 Å². The van der Waals surface area contributed by atoms with Crippen LogP contribution in [0, 0.1) is 0 Å². The molecule has 1 N–H and O–H groups in total. The van der Waals surface area contributed by atoms with Crippen molar-refractivity contribution >= 4 is 27.7 Å². The predicted molar refractivity (Wildman–Crippen MR) is 91.2 cm³/mol. The lowest BCUT2D eigenvalue weighted by molar-refractivity contribution is 0.343. The Morgan fingerprint density at radius 2 is 2.00 bits per heavy atom. The maximum Gasteiger partial charge on any atom is 0.214 e. The van der Waals surface area contributed by atoms with E-state index in [2.05, 4.69) is 31.5 Å². The normalized spacial score (nSPS) is 10.7. The van der Waals surface area contributed by atoms with E-state index in [0.29, 0.717) is 17.5 Å². The number of rotatable bonds is 6. The van der Waals surface area contributed by atoms with Crippen molar-refractivity contribution in [2.75, 3.05) is 12.4 Å². The molecule has 0 saturated heterocycles. The molecule has 0 radical (unpaired) electrons. The van der Waals surface area contributed by atoms with E-state index in [-0.39, 0.29) is 5.75 Å². The second kappa shape index (κ2) is 7.47. The quantitative estimate of drug-likeness (QED) is 0.512. The van der Waals surface area contributed by atoms with Crippen LogP contribution >= 0.6 is 27.7 Å². The Morgan fingerprint density at radius 3 is 2.78 bits per heavy atom. The summed E-state index contributed by atoms with van der Waals surface area (Å²) < 4.78 is 8.30. The van der Waals surface area contributed by atoms with Gasteiger partial charge in [-0.1, -0.05) is 33.8 Å². The Kier molecular flexibility index (Phi) is 5.14. The molecule has 0 saturated carbocycles. The first-order valence-electron chi connectivity index (χ1n) is 6.81. The van der Waals surface area contributed by atoms with Gasteiger partial charge in [-0.3, -0.25) is 0 Å². The summed E-state index contributed by atoms with van der Waals surface area (Å²) in [6, 6.07) is 14.4. The lowest BCUT2D eigenvalue weighted by Crippen LogP contribution is -2.03. The van der Waals surface area contributed by atoms with Crippen LogP contribution in [0.4, 0.5) is 0 Å². The Hall–Kier alpha value is -2.06. The first kappa shape index (κ1) is 15.8. The molecule has 0 spiro atoms. The van der Waals surface area contributed by atoms with Crippen molar-refractivity contribution in [3.8, 4) is 17.2 Å². The molecule has 0 aliphatic heterocycles. The van der Waals surface area contributed by atoms with E-state index < -0.39 is 0 Å². The smallest absolute Gasteiger partial charge is 0.214 e. The van der Waals surface area contributed by atoms with Gasteiger partial charge in [0.1, 0.15) is 11.5 Å². The number of benzene rings is 2. The number of thioether (sulfide) groups is 1. The third-order valence-corrected chi connectivity index (χ3v) is 4.29. The van der Waals surface area contributed by atoms with E-state index in [1.807, 2.05) is 24.3 Å². The zero-order valence-electron chi connectivity index (χ0n) is 12.0. The molecule has 6 nitrogen and oxygen atoms in total. The van der Waals surface area contributed by atoms with Crippen molar-refractivity contribution in [1.82, 2.24) is 20.2 Å². The molecule has 2 aromatic carbocycles. The first-order valence-corrected chi connectivity index (χ1v) is 8.59. The zero-order chi connectivity index (χ0) is 16.1. The van der Waals surface area contributed by atoms with Crippen LogP contribution in [0.15, 0.2) is 58.2 Å². The lowest BCUT2D eigenvalue weighted by atomic mass is 10.3. The summed E-state index contributed by atoms with van der Waals surface area (Å²) in [4.78, 5) is 0. The van der Waals surface area contributed by atoms with Gasteiger partial charge in [-0.25, -0.2) is 0 Å². The van der Waals surface area contributed by atoms with Gasteiger partial charge in [0.05, 0.1) is 12.3 Å². The number of nitrogens with zero attached hydrogens (tertiary/aromatic N) is 4. The Labute approximate surface area is 145 Å². The molecule has 8 heteroatoms. The summed E-state index contributed by atoms with van der Waals surface area (Å²) in [5.74, 6) is 1.74. The van der Waals surface area contributed by atoms with Gasteiger partial charge in [-0.15, -0.1) is 5.10 Å². The third kappa shape index (κ3) is 4.23. The number of tetrazole rings is 1. The highest BCUT2D eigenvalue weighted by Crippen LogP contribution is 2.21. The molecule has 118 valence electrons. The van der Waals surface area contributed by atoms with E-state index in [1.54, 1.807) is 28.9 Å². The molecule has 0 aliphatic rings. The van der Waals surface area contributed by atoms with Gasteiger partial charge in [-0.2, -0.15) is 4.68 Å². The SMILES string of the molecule is Oc1ccc(-n2nnnc2SCCOc2cccc(Br)c2)cc1. The molecule has 0 fully saturated rings. The van der Waals surface area contributed by atoms with Crippen molar-refractivity contribution in [2.45, 2.75) is 5.16 Å². The van der Waals surface area contributed by atoms with E-state index in [0.717, 1.165) is 15.9 Å². The number of phenolic OH excluding ortho intramolecular Hbond substituents is 1. The molecule has 1 aromatic heterocycles. The fraction of sp³-hybridized carbons (Fsp3) is 0.133. The zero-order valence-corrected chi connectivity index (χ0v) is 14.4. The molecule has 0 aliphatic carbocycles. The molecule has 0 atom stereocenters. The van der Waals surface area contributed by atoms with Gasteiger partial charge in [0, 0.05) is 10.2 Å². The van der Waals surface area contributed by atoms with Gasteiger partial charge >= 0.3 is 0 Å². The molecular formula is C15H13BrN4O2S. The molecule has 0 unspecified atom stereocenters. The Morgan fingerprint density at radius 1 is 1.17 bits per heavy atom. The van der Waals surface area contributed by atoms with Gasteiger partial charge < -0.3 is 9.84 Å². The topological polar surface area (TPSA) is 73.1 Å². The van der Waals surface area contributed by atoms with Gasteiger partial charge in [0.15, 0.2) is 0 Å². The van der Waals surface area contributed by atoms with Crippen molar-refractivity contribution < 1.29 is 9.84 Å². The standard InChI is InChI=1S/C15H13BrN4O2S/c16-11-2-1-3-14(10-11)22-8-9-23-15-17-18-19-20(15)12-4-6-13(21)7-5-12/h1-7,10,21H,8-9H2. The minimum absolute atomic E-state index is 0.207. The van der Waals surface area contributed by atoms with E-state index >= 15 is 0 Å². The lowest BCUT2D eigenvalue weighted by Gasteiger charge is -2.07. The van der Waals surface area contributed by atoms with E-state index in [1.165, 1.54) is 11.8 Å². The van der Waals surface area contributed by atoms with Crippen LogP contribution in [0.1, 0.15) is 0 Å². The number of phenols is 1. The van der Waals surface area contributed by atoms with Crippen molar-refractivity contribution in [2.24, 2.45) is 0 Å². The molecule has 0 amide bonds. The first-order chi connectivity index (χ1) is 11.2. The number of halogens is 1. The number of hydrogen-bond acceptors (Lipinski definition) is 6. The van der Waals surface area contributed by atoms with Crippen LogP contribution in [-0.2, 0) is 0 Å². The third-order valence-electron chi connectivity index (χ3n) is 2.91. The average Bonchev–Trinajstić information content (AvgIpc) is 3.01. The number of ether oxygens (including phenoxy) is 1. The number of aromatic nitrogens is 4. The summed E-state index contributed by atoms with van der Waals surface area (Å²) in [5.41, 5.74) is 0.795. The fourth-order valence-electron chi connectivity index (χ4n) is 1.87. The second-order valence-corrected chi connectivity index (χ2v) is 6.52. The maximum atomic E-state index is 9.34. The molecule has 23 heavy (non-hydrogen) atoms. The van der Waals surface area contributed by atoms with E-state index in [4.69, 9.17) is 4.74 Å². The molecule has 1 heterocycles. The van der Waals surface area contributed by atoms with Crippen molar-refractivity contribution in [1.29, 1.82) is 0 Å². The van der Waals surface area contributed by atoms with Gasteiger partial charge in [0.25, 0.3) is 0 Å². The monoisotopic (exact) mass is 392 g/mol. The highest BCUT2D eigenvalue weighted by Gasteiger charge is 2.09. The Balaban J connectivity index is 1.57. The Bertz CT molecular complexity index is 779. The highest BCUT2D eigenvalue weighted by molar-refractivity contribution is 9.10. The minimum atomic E-state index is 0.207. The maximum absolute atomic E-state index is 9.34. The molecule has 0 bridgehead atoms. The number of aromatic hydroxyl groups is 1. The second-order valence-electron chi connectivity index (χ2n) is 4.54. The van der Waals surface area contributed by atoms with Gasteiger partial charge in [0.2, 0.25) is 5.16 Å². The van der Waals surface area contributed by atoms with Crippen LogP contribution in [0.3, 0.4) is 0 Å². The van der Waals surface area contributed by atoms with Crippen molar-refractivity contribution in [3.05, 3.63) is 53.0 Å². The van der Waals surface area contributed by atoms with Crippen LogP contribution in [0.25, 0.3) is 5.69 Å². The van der Waals surface area contributed by atoms with Gasteiger partial charge in [-0.05, 0) is 52.9 Å². The average molecular weight is 393 g/mol. The fourth-order valence-corrected chi connectivity index (χ4v) is 2.96. The largest absolute Gasteiger partial charge is 0.508 e. The molecule has 3 aromatic rings. The highest BCUT2D eigenvalue weighted by atomic mass is 79.9. The summed E-state index contributed by atoms with van der Waals surface area (Å²) in [6.45, 7) is 0.545. The van der Waals surface area contributed by atoms with Crippen LogP contribution in [0.5, 0.6) is 11.5 Å². The summed E-state index contributed by atoms with van der Waals surface area (Å²) >= 11 is 4.91. The van der Waals surface area contributed by atoms with Crippen molar-refractivity contribution in [3.63, 3.8) is 0 Å².